The third-order valence-electron chi connectivity index (χ3n) is 2.00. The molecule has 3 nitrogen and oxygen atoms in total. The molecule has 0 aliphatic heterocycles. The number of aromatic nitrogens is 1. The molecule has 0 aliphatic rings. The molecule has 0 saturated carbocycles. The van der Waals surface area contributed by atoms with E-state index in [1.54, 1.807) is 6.92 Å². The summed E-state index contributed by atoms with van der Waals surface area (Å²) in [5, 5.41) is 1.04. The van der Waals surface area contributed by atoms with E-state index in [4.69, 9.17) is 0 Å². The van der Waals surface area contributed by atoms with Gasteiger partial charge in [0.15, 0.2) is 5.78 Å². The largest absolute Gasteiger partial charge is 0.303 e. The molecule has 84 valence electrons. The Hall–Kier alpha value is -0.740. The summed E-state index contributed by atoms with van der Waals surface area (Å²) >= 11 is 1.53. The molecule has 0 radical (unpaired) electrons. The topological polar surface area (TPSA) is 33.2 Å². The Labute approximate surface area is 95.1 Å². The normalized spacial score (nSPS) is 11.0. The first-order valence-corrected chi connectivity index (χ1v) is 6.00. The first-order chi connectivity index (χ1) is 7.04. The van der Waals surface area contributed by atoms with E-state index in [0.29, 0.717) is 0 Å². The number of rotatable bonds is 5. The molecule has 1 rings (SSSR count). The predicted molar refractivity (Wildman–Crippen MR) is 63.5 cm³/mol. The van der Waals surface area contributed by atoms with Gasteiger partial charge in [-0.15, -0.1) is 11.3 Å². The third kappa shape index (κ3) is 3.39. The maximum absolute atomic E-state index is 11.4. The zero-order valence-electron chi connectivity index (χ0n) is 9.83. The fourth-order valence-corrected chi connectivity index (χ4v) is 2.54. The molecule has 0 fully saturated rings. The minimum atomic E-state index is 0.140. The van der Waals surface area contributed by atoms with Gasteiger partial charge in [0, 0.05) is 13.5 Å². The number of nitrogens with zero attached hydrogens (tertiary/aromatic N) is 2. The van der Waals surface area contributed by atoms with Gasteiger partial charge in [0.1, 0.15) is 5.01 Å². The number of carbonyl (C=O) groups is 1. The lowest BCUT2D eigenvalue weighted by atomic mass is 10.2. The molecular weight excluding hydrogens is 208 g/mol. The highest BCUT2D eigenvalue weighted by Gasteiger charge is 2.14. The molecule has 0 bridgehead atoms. The second-order valence-electron chi connectivity index (χ2n) is 3.93. The van der Waals surface area contributed by atoms with Gasteiger partial charge in [-0.3, -0.25) is 4.79 Å². The molecule has 0 atom stereocenters. The number of thiazole rings is 1. The molecule has 0 aliphatic carbocycles. The Morgan fingerprint density at radius 2 is 2.13 bits per heavy atom. The molecular formula is C11H18N2OS. The van der Waals surface area contributed by atoms with Crippen molar-refractivity contribution in [3.63, 3.8) is 0 Å². The lowest BCUT2D eigenvalue weighted by molar-refractivity contribution is 0.102. The number of hydrogen-bond acceptors (Lipinski definition) is 4. The van der Waals surface area contributed by atoms with Crippen LogP contribution in [-0.4, -0.2) is 29.8 Å². The van der Waals surface area contributed by atoms with Crippen LogP contribution in [-0.2, 0) is 13.0 Å². The second kappa shape index (κ2) is 5.37. The molecule has 1 heterocycles. The van der Waals surface area contributed by atoms with Crippen LogP contribution in [0.1, 0.15) is 40.6 Å². The van der Waals surface area contributed by atoms with Crippen LogP contribution < -0.4 is 0 Å². The minimum Gasteiger partial charge on any atom is -0.303 e. The van der Waals surface area contributed by atoms with Gasteiger partial charge in [0.25, 0.3) is 0 Å². The zero-order chi connectivity index (χ0) is 11.4. The lowest BCUT2D eigenvalue weighted by Crippen LogP contribution is -2.10. The number of hydrogen-bond donors (Lipinski definition) is 0. The van der Waals surface area contributed by atoms with Gasteiger partial charge in [-0.25, -0.2) is 4.98 Å². The predicted octanol–water partition coefficient (Wildman–Crippen LogP) is 2.36. The summed E-state index contributed by atoms with van der Waals surface area (Å²) < 4.78 is 0. The van der Waals surface area contributed by atoms with Crippen molar-refractivity contribution in [3.8, 4) is 0 Å². The van der Waals surface area contributed by atoms with Crippen molar-refractivity contribution in [1.82, 2.24) is 9.88 Å². The highest BCUT2D eigenvalue weighted by Crippen LogP contribution is 2.21. The summed E-state index contributed by atoms with van der Waals surface area (Å²) in [6.07, 6.45) is 1.93. The fraction of sp³-hybridized carbons (Fsp3) is 0.636. The number of aryl methyl sites for hydroxylation is 1. The Morgan fingerprint density at radius 1 is 1.47 bits per heavy atom. The Kier molecular flexibility index (Phi) is 4.42. The molecule has 1 aromatic rings. The highest BCUT2D eigenvalue weighted by molar-refractivity contribution is 7.13. The van der Waals surface area contributed by atoms with Crippen molar-refractivity contribution in [2.75, 3.05) is 14.1 Å². The van der Waals surface area contributed by atoms with Crippen LogP contribution in [0.15, 0.2) is 0 Å². The molecule has 1 aromatic heterocycles. The summed E-state index contributed by atoms with van der Waals surface area (Å²) in [5.41, 5.74) is 0.979. The Balaban J connectivity index is 2.93. The number of ketones is 1. The minimum absolute atomic E-state index is 0.140. The van der Waals surface area contributed by atoms with Crippen LogP contribution in [0.3, 0.4) is 0 Å². The van der Waals surface area contributed by atoms with E-state index < -0.39 is 0 Å². The van der Waals surface area contributed by atoms with E-state index in [-0.39, 0.29) is 5.78 Å². The van der Waals surface area contributed by atoms with Gasteiger partial charge in [0.05, 0.1) is 10.6 Å². The van der Waals surface area contributed by atoms with Crippen LogP contribution in [0.25, 0.3) is 0 Å². The van der Waals surface area contributed by atoms with Gasteiger partial charge >= 0.3 is 0 Å². The second-order valence-corrected chi connectivity index (χ2v) is 5.01. The highest BCUT2D eigenvalue weighted by atomic mass is 32.1. The van der Waals surface area contributed by atoms with E-state index in [0.717, 1.165) is 35.0 Å². The third-order valence-corrected chi connectivity index (χ3v) is 3.18. The summed E-state index contributed by atoms with van der Waals surface area (Å²) in [6.45, 7) is 4.54. The molecule has 15 heavy (non-hydrogen) atoms. The lowest BCUT2D eigenvalue weighted by Gasteiger charge is -2.04. The smallest absolute Gasteiger partial charge is 0.171 e. The van der Waals surface area contributed by atoms with E-state index >= 15 is 0 Å². The molecule has 0 spiro atoms. The zero-order valence-corrected chi connectivity index (χ0v) is 10.6. The fourth-order valence-electron chi connectivity index (χ4n) is 1.42. The van der Waals surface area contributed by atoms with E-state index in [1.807, 2.05) is 14.1 Å². The molecule has 0 aromatic carbocycles. The molecule has 4 heteroatoms. The van der Waals surface area contributed by atoms with E-state index in [9.17, 15) is 4.79 Å². The Morgan fingerprint density at radius 3 is 2.60 bits per heavy atom. The average Bonchev–Trinajstić information content (AvgIpc) is 2.47. The summed E-state index contributed by atoms with van der Waals surface area (Å²) in [6, 6.07) is 0. The van der Waals surface area contributed by atoms with Crippen molar-refractivity contribution in [2.45, 2.75) is 33.2 Å². The standard InChI is InChI=1S/C11H18N2OS/c1-5-6-9-11(8(2)14)15-10(12-9)7-13(3)4/h5-7H2,1-4H3. The van der Waals surface area contributed by atoms with Crippen LogP contribution in [0.2, 0.25) is 0 Å². The van der Waals surface area contributed by atoms with Crippen molar-refractivity contribution in [2.24, 2.45) is 0 Å². The summed E-state index contributed by atoms with van der Waals surface area (Å²) in [7, 11) is 4.02. The Bertz CT molecular complexity index is 344. The molecule has 0 unspecified atom stereocenters. The van der Waals surface area contributed by atoms with E-state index in [2.05, 4.69) is 16.8 Å². The van der Waals surface area contributed by atoms with Gasteiger partial charge in [-0.1, -0.05) is 13.3 Å². The van der Waals surface area contributed by atoms with Crippen molar-refractivity contribution in [3.05, 3.63) is 15.6 Å². The van der Waals surface area contributed by atoms with E-state index in [1.165, 1.54) is 11.3 Å². The first-order valence-electron chi connectivity index (χ1n) is 5.18. The van der Waals surface area contributed by atoms with Crippen LogP contribution >= 0.6 is 11.3 Å². The average molecular weight is 226 g/mol. The van der Waals surface area contributed by atoms with Gasteiger partial charge in [-0.2, -0.15) is 0 Å². The maximum Gasteiger partial charge on any atom is 0.171 e. The van der Waals surface area contributed by atoms with Crippen molar-refractivity contribution in [1.29, 1.82) is 0 Å². The van der Waals surface area contributed by atoms with Crippen LogP contribution in [0, 0.1) is 0 Å². The van der Waals surface area contributed by atoms with Gasteiger partial charge < -0.3 is 4.90 Å². The number of Topliss-reactive ketones (excluding diaryl/α,β-unsaturated/α-hetero) is 1. The molecule has 0 saturated heterocycles. The SMILES string of the molecule is CCCc1nc(CN(C)C)sc1C(C)=O. The monoisotopic (exact) mass is 226 g/mol. The van der Waals surface area contributed by atoms with Crippen molar-refractivity contribution < 1.29 is 4.79 Å². The number of carbonyl (C=O) groups excluding carboxylic acids is 1. The molecule has 0 amide bonds. The van der Waals surface area contributed by atoms with Crippen LogP contribution in [0.4, 0.5) is 0 Å². The van der Waals surface area contributed by atoms with Crippen LogP contribution in [0.5, 0.6) is 0 Å². The summed E-state index contributed by atoms with van der Waals surface area (Å²) in [4.78, 5) is 18.8. The molecule has 0 N–H and O–H groups in total. The van der Waals surface area contributed by atoms with Crippen molar-refractivity contribution >= 4 is 17.1 Å². The maximum atomic E-state index is 11.4. The first kappa shape index (κ1) is 12.3. The van der Waals surface area contributed by atoms with Gasteiger partial charge in [-0.05, 0) is 20.5 Å². The van der Waals surface area contributed by atoms with Gasteiger partial charge in [0.2, 0.25) is 0 Å². The quantitative estimate of drug-likeness (QED) is 0.723. The summed E-state index contributed by atoms with van der Waals surface area (Å²) in [5.74, 6) is 0.140.